The van der Waals surface area contributed by atoms with Crippen LogP contribution < -0.4 is 5.32 Å². The molecule has 1 aliphatic rings. The van der Waals surface area contributed by atoms with Gasteiger partial charge in [0.05, 0.1) is 0 Å². The van der Waals surface area contributed by atoms with Crippen LogP contribution in [0.5, 0.6) is 0 Å². The normalized spacial score (nSPS) is 16.2. The van der Waals surface area contributed by atoms with Crippen molar-refractivity contribution < 1.29 is 0 Å². The summed E-state index contributed by atoms with van der Waals surface area (Å²) in [6.07, 6.45) is 6.74. The molecule has 0 radical (unpaired) electrons. The molecule has 2 heteroatoms. The molecule has 1 rings (SSSR count). The monoisotopic (exact) mass is 196 g/mol. The second-order valence-corrected chi connectivity index (χ2v) is 5.90. The molecule has 0 fully saturated rings. The lowest BCUT2D eigenvalue weighted by molar-refractivity contribution is 0.260. The zero-order valence-electron chi connectivity index (χ0n) is 10.2. The quantitative estimate of drug-likeness (QED) is 0.727. The van der Waals surface area contributed by atoms with Crippen molar-refractivity contribution in [2.45, 2.75) is 58.5 Å². The average Bonchev–Trinajstić information content (AvgIpc) is 2.64. The maximum absolute atomic E-state index is 3.65. The van der Waals surface area contributed by atoms with Gasteiger partial charge >= 0.3 is 0 Å². The number of rotatable bonds is 5. The van der Waals surface area contributed by atoms with Gasteiger partial charge in [-0.05, 0) is 47.5 Å². The minimum absolute atomic E-state index is 0.210. The van der Waals surface area contributed by atoms with Crippen LogP contribution in [0, 0.1) is 0 Å². The first kappa shape index (κ1) is 11.6. The van der Waals surface area contributed by atoms with Crippen LogP contribution in [0.2, 0.25) is 0 Å². The summed E-state index contributed by atoms with van der Waals surface area (Å²) in [4.78, 5) is 2.24. The van der Waals surface area contributed by atoms with E-state index in [-0.39, 0.29) is 11.1 Å². The third-order valence-electron chi connectivity index (χ3n) is 2.29. The van der Waals surface area contributed by atoms with Crippen LogP contribution in [0.15, 0.2) is 12.4 Å². The Hall–Kier alpha value is -0.500. The van der Waals surface area contributed by atoms with E-state index in [2.05, 4.69) is 57.2 Å². The highest BCUT2D eigenvalue weighted by atomic mass is 15.2. The highest BCUT2D eigenvalue weighted by Crippen LogP contribution is 2.18. The maximum Gasteiger partial charge on any atom is 0.0221 e. The van der Waals surface area contributed by atoms with E-state index in [1.165, 1.54) is 19.4 Å². The molecule has 0 unspecified atom stereocenters. The van der Waals surface area contributed by atoms with Gasteiger partial charge in [0.25, 0.3) is 0 Å². The van der Waals surface area contributed by atoms with Crippen molar-refractivity contribution >= 4 is 0 Å². The minimum Gasteiger partial charge on any atom is -0.351 e. The molecule has 0 saturated carbocycles. The van der Waals surface area contributed by atoms with E-state index in [9.17, 15) is 0 Å². The van der Waals surface area contributed by atoms with Gasteiger partial charge in [0.1, 0.15) is 0 Å². The predicted octanol–water partition coefficient (Wildman–Crippen LogP) is 2.72. The molecular weight excluding hydrogens is 172 g/mol. The highest BCUT2D eigenvalue weighted by molar-refractivity contribution is 5.00. The maximum atomic E-state index is 3.65. The Kier molecular flexibility index (Phi) is 3.25. The number of hydrogen-bond donors (Lipinski definition) is 1. The Morgan fingerprint density at radius 1 is 1.07 bits per heavy atom. The standard InChI is InChI=1S/C12H24N2/c1-11(2,3)13-12(4,5)7-6-8-14-9-10-14/h9-10,13H,6-8H2,1-5H3. The fourth-order valence-electron chi connectivity index (χ4n) is 1.98. The molecule has 0 bridgehead atoms. The van der Waals surface area contributed by atoms with Crippen LogP contribution >= 0.6 is 0 Å². The van der Waals surface area contributed by atoms with Crippen LogP contribution in [0.1, 0.15) is 47.5 Å². The first-order valence-corrected chi connectivity index (χ1v) is 5.52. The Bertz CT molecular complexity index is 205. The van der Waals surface area contributed by atoms with Crippen LogP contribution in [-0.4, -0.2) is 22.5 Å². The molecule has 0 aromatic rings. The van der Waals surface area contributed by atoms with E-state index >= 15 is 0 Å². The zero-order valence-corrected chi connectivity index (χ0v) is 10.2. The summed E-state index contributed by atoms with van der Waals surface area (Å²) in [5.41, 5.74) is 0.454. The second-order valence-electron chi connectivity index (χ2n) is 5.90. The van der Waals surface area contributed by atoms with Gasteiger partial charge in [-0.25, -0.2) is 0 Å². The second kappa shape index (κ2) is 3.93. The largest absolute Gasteiger partial charge is 0.351 e. The Balaban J connectivity index is 2.18. The summed E-state index contributed by atoms with van der Waals surface area (Å²) >= 11 is 0. The molecule has 14 heavy (non-hydrogen) atoms. The molecular formula is C12H24N2. The van der Waals surface area contributed by atoms with Crippen molar-refractivity contribution in [2.75, 3.05) is 6.54 Å². The SMILES string of the molecule is CC(C)(C)NC(C)(C)CCCN1C=C1. The molecule has 2 nitrogen and oxygen atoms in total. The lowest BCUT2D eigenvalue weighted by Gasteiger charge is -2.35. The molecule has 1 N–H and O–H groups in total. The lowest BCUT2D eigenvalue weighted by atomic mass is 9.94. The van der Waals surface area contributed by atoms with Crippen LogP contribution in [-0.2, 0) is 0 Å². The van der Waals surface area contributed by atoms with Crippen molar-refractivity contribution in [3.8, 4) is 0 Å². The summed E-state index contributed by atoms with van der Waals surface area (Å²) in [6.45, 7) is 12.4. The number of nitrogens with zero attached hydrogens (tertiary/aromatic N) is 1. The smallest absolute Gasteiger partial charge is 0.0221 e. The fourth-order valence-corrected chi connectivity index (χ4v) is 1.98. The molecule has 0 amide bonds. The lowest BCUT2D eigenvalue weighted by Crippen LogP contribution is -2.50. The molecule has 1 heterocycles. The van der Waals surface area contributed by atoms with Gasteiger partial charge in [0.15, 0.2) is 0 Å². The highest BCUT2D eigenvalue weighted by Gasteiger charge is 2.23. The third kappa shape index (κ3) is 5.28. The molecule has 0 atom stereocenters. The minimum atomic E-state index is 0.210. The van der Waals surface area contributed by atoms with Crippen molar-refractivity contribution in [3.63, 3.8) is 0 Å². The topological polar surface area (TPSA) is 15.0 Å². The first-order valence-electron chi connectivity index (χ1n) is 5.52. The summed E-state index contributed by atoms with van der Waals surface area (Å²) in [5, 5.41) is 3.65. The van der Waals surface area contributed by atoms with E-state index < -0.39 is 0 Å². The zero-order chi connectivity index (χ0) is 10.8. The van der Waals surface area contributed by atoms with Crippen molar-refractivity contribution in [2.24, 2.45) is 0 Å². The average molecular weight is 196 g/mol. The van der Waals surface area contributed by atoms with Gasteiger partial charge in [-0.3, -0.25) is 0 Å². The van der Waals surface area contributed by atoms with Crippen molar-refractivity contribution in [1.82, 2.24) is 10.2 Å². The number of nitrogens with one attached hydrogen (secondary N) is 1. The Morgan fingerprint density at radius 2 is 1.64 bits per heavy atom. The van der Waals surface area contributed by atoms with E-state index in [4.69, 9.17) is 0 Å². The Labute approximate surface area is 88.4 Å². The molecule has 0 aliphatic carbocycles. The van der Waals surface area contributed by atoms with Gasteiger partial charge in [0.2, 0.25) is 0 Å². The molecule has 0 spiro atoms. The summed E-state index contributed by atoms with van der Waals surface area (Å²) < 4.78 is 0. The van der Waals surface area contributed by atoms with Gasteiger partial charge in [-0.1, -0.05) is 0 Å². The predicted molar refractivity (Wildman–Crippen MR) is 62.0 cm³/mol. The van der Waals surface area contributed by atoms with E-state index in [1.807, 2.05) is 0 Å². The first-order chi connectivity index (χ1) is 6.29. The van der Waals surface area contributed by atoms with Gasteiger partial charge in [-0.15, -0.1) is 0 Å². The van der Waals surface area contributed by atoms with E-state index in [1.54, 1.807) is 0 Å². The van der Waals surface area contributed by atoms with Crippen LogP contribution in [0.25, 0.3) is 0 Å². The summed E-state index contributed by atoms with van der Waals surface area (Å²) in [7, 11) is 0. The third-order valence-corrected chi connectivity index (χ3v) is 2.29. The summed E-state index contributed by atoms with van der Waals surface area (Å²) in [6, 6.07) is 0. The fraction of sp³-hybridized carbons (Fsp3) is 0.833. The molecule has 0 aromatic carbocycles. The van der Waals surface area contributed by atoms with E-state index in [0.717, 1.165) is 0 Å². The molecule has 0 aromatic heterocycles. The Morgan fingerprint density at radius 3 is 2.07 bits per heavy atom. The van der Waals surface area contributed by atoms with Gasteiger partial charge in [-0.2, -0.15) is 0 Å². The van der Waals surface area contributed by atoms with Gasteiger partial charge < -0.3 is 10.2 Å². The van der Waals surface area contributed by atoms with Crippen molar-refractivity contribution in [1.29, 1.82) is 0 Å². The number of hydrogen-bond acceptors (Lipinski definition) is 2. The van der Waals surface area contributed by atoms with Crippen LogP contribution in [0.4, 0.5) is 0 Å². The van der Waals surface area contributed by atoms with Gasteiger partial charge in [0, 0.05) is 30.0 Å². The van der Waals surface area contributed by atoms with Crippen molar-refractivity contribution in [3.05, 3.63) is 12.4 Å². The van der Waals surface area contributed by atoms with Crippen LogP contribution in [0.3, 0.4) is 0 Å². The molecule has 82 valence electrons. The van der Waals surface area contributed by atoms with E-state index in [0.29, 0.717) is 0 Å². The molecule has 0 saturated heterocycles. The summed E-state index contributed by atoms with van der Waals surface area (Å²) in [5.74, 6) is 0. The molecule has 1 aliphatic heterocycles.